The zero-order valence-corrected chi connectivity index (χ0v) is 11.3. The highest BCUT2D eigenvalue weighted by Gasteiger charge is 2.21. The van der Waals surface area contributed by atoms with Gasteiger partial charge in [-0.05, 0) is 24.6 Å². The maximum Gasteiger partial charge on any atom is 0.0756 e. The van der Waals surface area contributed by atoms with Crippen LogP contribution in [-0.4, -0.2) is 9.78 Å². The number of benzene rings is 1. The number of rotatable bonds is 1. The third-order valence-corrected chi connectivity index (χ3v) is 3.11. The Morgan fingerprint density at radius 2 is 1.94 bits per heavy atom. The first-order valence-corrected chi connectivity index (χ1v) is 6.03. The number of aryl methyl sites for hydroxylation is 1. The van der Waals surface area contributed by atoms with Gasteiger partial charge in [0.25, 0.3) is 0 Å². The first-order chi connectivity index (χ1) is 7.80. The summed E-state index contributed by atoms with van der Waals surface area (Å²) in [5, 5.41) is 5.85. The zero-order valence-electron chi connectivity index (χ0n) is 11.3. The average Bonchev–Trinajstić information content (AvgIpc) is 2.55. The van der Waals surface area contributed by atoms with Crippen LogP contribution in [0.5, 0.6) is 0 Å². The minimum absolute atomic E-state index is 0.0516. The molecule has 0 spiro atoms. The van der Waals surface area contributed by atoms with Crippen molar-refractivity contribution in [2.75, 3.05) is 0 Å². The molecule has 0 aliphatic rings. The lowest BCUT2D eigenvalue weighted by atomic mass is 9.89. The van der Waals surface area contributed by atoms with Gasteiger partial charge in [0.05, 0.1) is 11.2 Å². The second kappa shape index (κ2) is 3.84. The van der Waals surface area contributed by atoms with Crippen molar-refractivity contribution in [3.63, 3.8) is 0 Å². The Morgan fingerprint density at radius 3 is 2.47 bits per heavy atom. The van der Waals surface area contributed by atoms with E-state index in [0.717, 1.165) is 11.3 Å². The minimum atomic E-state index is 0.0516. The lowest BCUT2D eigenvalue weighted by molar-refractivity contribution is 0.558. The van der Waals surface area contributed by atoms with Gasteiger partial charge >= 0.3 is 0 Å². The summed E-state index contributed by atoms with van der Waals surface area (Å²) in [5.74, 6) is 0. The molecule has 1 aromatic carbocycles. The molecule has 2 N–H and O–H groups in total. The van der Waals surface area contributed by atoms with E-state index in [2.05, 4.69) is 44.1 Å². The Balaban J connectivity index is 2.73. The van der Waals surface area contributed by atoms with Crippen molar-refractivity contribution >= 4 is 10.9 Å². The molecule has 1 atom stereocenters. The van der Waals surface area contributed by atoms with Crippen molar-refractivity contribution in [2.24, 2.45) is 12.8 Å². The van der Waals surface area contributed by atoms with Crippen LogP contribution in [0.2, 0.25) is 0 Å². The van der Waals surface area contributed by atoms with Crippen molar-refractivity contribution < 1.29 is 0 Å². The number of aromatic nitrogens is 2. The van der Waals surface area contributed by atoms with Gasteiger partial charge in [-0.1, -0.05) is 26.8 Å². The minimum Gasteiger partial charge on any atom is -0.324 e. The fourth-order valence-electron chi connectivity index (χ4n) is 2.12. The molecule has 1 heterocycles. The maximum atomic E-state index is 5.94. The van der Waals surface area contributed by atoms with E-state index < -0.39 is 0 Å². The summed E-state index contributed by atoms with van der Waals surface area (Å²) in [4.78, 5) is 0. The predicted octanol–water partition coefficient (Wildman–Crippen LogP) is 2.89. The molecular formula is C14H21N3. The number of nitrogens with zero attached hydrogens (tertiary/aromatic N) is 2. The molecule has 2 aromatic rings. The molecule has 0 aliphatic heterocycles. The number of hydrogen-bond donors (Lipinski definition) is 1. The van der Waals surface area contributed by atoms with Crippen molar-refractivity contribution in [3.8, 4) is 0 Å². The summed E-state index contributed by atoms with van der Waals surface area (Å²) < 4.78 is 1.95. The van der Waals surface area contributed by atoms with Crippen LogP contribution < -0.4 is 5.73 Å². The highest BCUT2D eigenvalue weighted by molar-refractivity contribution is 5.83. The van der Waals surface area contributed by atoms with Crippen LogP contribution in [0.4, 0.5) is 0 Å². The van der Waals surface area contributed by atoms with Crippen molar-refractivity contribution in [1.29, 1.82) is 0 Å². The van der Waals surface area contributed by atoms with Crippen LogP contribution >= 0.6 is 0 Å². The quantitative estimate of drug-likeness (QED) is 0.820. The summed E-state index contributed by atoms with van der Waals surface area (Å²) in [6.45, 7) is 8.57. The van der Waals surface area contributed by atoms with Crippen LogP contribution in [0.3, 0.4) is 0 Å². The molecule has 0 saturated carbocycles. The van der Waals surface area contributed by atoms with Crippen LogP contribution in [0.25, 0.3) is 10.9 Å². The van der Waals surface area contributed by atoms with Gasteiger partial charge < -0.3 is 5.73 Å². The summed E-state index contributed by atoms with van der Waals surface area (Å²) in [7, 11) is 1.99. The molecule has 0 bridgehead atoms. The first-order valence-electron chi connectivity index (χ1n) is 6.03. The smallest absolute Gasteiger partial charge is 0.0756 e. The summed E-state index contributed by atoms with van der Waals surface area (Å²) >= 11 is 0. The Bertz CT molecular complexity index is 544. The second-order valence-electron chi connectivity index (χ2n) is 5.79. The lowest BCUT2D eigenvalue weighted by Gasteiger charge is -2.16. The fraction of sp³-hybridized carbons (Fsp3) is 0.500. The SMILES string of the molecule is CC(N)c1ccc2c(c1)c(C(C)(C)C)nn2C. The van der Waals surface area contributed by atoms with Crippen LogP contribution in [0.1, 0.15) is 45.0 Å². The van der Waals surface area contributed by atoms with Gasteiger partial charge in [0.15, 0.2) is 0 Å². The summed E-state index contributed by atoms with van der Waals surface area (Å²) in [6, 6.07) is 6.43. The molecule has 2 rings (SSSR count). The molecule has 1 unspecified atom stereocenters. The van der Waals surface area contributed by atoms with Crippen LogP contribution in [0.15, 0.2) is 18.2 Å². The number of nitrogens with two attached hydrogens (primary N) is 1. The first kappa shape index (κ1) is 12.1. The Kier molecular flexibility index (Phi) is 2.74. The Hall–Kier alpha value is -1.35. The monoisotopic (exact) mass is 231 g/mol. The third kappa shape index (κ3) is 2.07. The molecule has 0 saturated heterocycles. The highest BCUT2D eigenvalue weighted by atomic mass is 15.3. The standard InChI is InChI=1S/C14H21N3/c1-9(15)10-6-7-12-11(8-10)13(14(2,3)4)16-17(12)5/h6-9H,15H2,1-5H3. The normalized spacial score (nSPS) is 14.2. The Labute approximate surface area is 103 Å². The molecule has 1 aromatic heterocycles. The molecular weight excluding hydrogens is 210 g/mol. The van der Waals surface area contributed by atoms with Gasteiger partial charge in [0.1, 0.15) is 0 Å². The van der Waals surface area contributed by atoms with Gasteiger partial charge in [-0.15, -0.1) is 0 Å². The van der Waals surface area contributed by atoms with E-state index in [1.54, 1.807) is 0 Å². The topological polar surface area (TPSA) is 43.8 Å². The van der Waals surface area contributed by atoms with Crippen molar-refractivity contribution in [2.45, 2.75) is 39.2 Å². The van der Waals surface area contributed by atoms with Gasteiger partial charge in [-0.2, -0.15) is 5.10 Å². The van der Waals surface area contributed by atoms with E-state index in [-0.39, 0.29) is 11.5 Å². The van der Waals surface area contributed by atoms with Crippen LogP contribution in [-0.2, 0) is 12.5 Å². The number of hydrogen-bond acceptors (Lipinski definition) is 2. The van der Waals surface area contributed by atoms with Gasteiger partial charge in [0.2, 0.25) is 0 Å². The molecule has 0 amide bonds. The molecule has 3 heteroatoms. The lowest BCUT2D eigenvalue weighted by Crippen LogP contribution is -2.13. The van der Waals surface area contributed by atoms with Gasteiger partial charge in [-0.25, -0.2) is 0 Å². The second-order valence-corrected chi connectivity index (χ2v) is 5.79. The van der Waals surface area contributed by atoms with Crippen molar-refractivity contribution in [3.05, 3.63) is 29.5 Å². The molecule has 3 nitrogen and oxygen atoms in total. The van der Waals surface area contributed by atoms with E-state index in [1.807, 2.05) is 18.7 Å². The molecule has 92 valence electrons. The highest BCUT2D eigenvalue weighted by Crippen LogP contribution is 2.30. The van der Waals surface area contributed by atoms with Crippen LogP contribution in [0, 0.1) is 0 Å². The van der Waals surface area contributed by atoms with E-state index in [4.69, 9.17) is 5.73 Å². The van der Waals surface area contributed by atoms with Gasteiger partial charge in [0, 0.05) is 23.9 Å². The largest absolute Gasteiger partial charge is 0.324 e. The van der Waals surface area contributed by atoms with E-state index in [0.29, 0.717) is 0 Å². The fourth-order valence-corrected chi connectivity index (χ4v) is 2.12. The van der Waals surface area contributed by atoms with Gasteiger partial charge in [-0.3, -0.25) is 4.68 Å². The summed E-state index contributed by atoms with van der Waals surface area (Å²) in [6.07, 6.45) is 0. The van der Waals surface area contributed by atoms with E-state index in [9.17, 15) is 0 Å². The van der Waals surface area contributed by atoms with E-state index >= 15 is 0 Å². The average molecular weight is 231 g/mol. The molecule has 0 aliphatic carbocycles. The summed E-state index contributed by atoms with van der Waals surface area (Å²) in [5.41, 5.74) is 9.46. The molecule has 0 radical (unpaired) electrons. The molecule has 17 heavy (non-hydrogen) atoms. The van der Waals surface area contributed by atoms with Crippen molar-refractivity contribution in [1.82, 2.24) is 9.78 Å². The third-order valence-electron chi connectivity index (χ3n) is 3.11. The zero-order chi connectivity index (χ0) is 12.8. The molecule has 0 fully saturated rings. The number of fused-ring (bicyclic) bond motifs is 1. The maximum absolute atomic E-state index is 5.94. The predicted molar refractivity (Wildman–Crippen MR) is 72.0 cm³/mol. The Morgan fingerprint density at radius 1 is 1.29 bits per heavy atom. The van der Waals surface area contributed by atoms with E-state index in [1.165, 1.54) is 10.9 Å².